The summed E-state index contributed by atoms with van der Waals surface area (Å²) in [4.78, 5) is 12.7. The first-order chi connectivity index (χ1) is 12.8. The molecule has 1 amide bonds. The van der Waals surface area contributed by atoms with Gasteiger partial charge in [-0.1, -0.05) is 64.1 Å². The van der Waals surface area contributed by atoms with Crippen LogP contribution < -0.4 is 14.8 Å². The number of hydrogen-bond acceptors (Lipinski definition) is 3. The number of methoxy groups -OCH3 is 1. The zero-order valence-electron chi connectivity index (χ0n) is 17.2. The largest absolute Gasteiger partial charge is 0.493 e. The molecule has 0 aliphatic rings. The average molecular weight is 370 g/mol. The second-order valence-corrected chi connectivity index (χ2v) is 7.77. The minimum atomic E-state index is -0.572. The molecule has 0 aliphatic heterocycles. The van der Waals surface area contributed by atoms with Crippen molar-refractivity contribution in [3.05, 3.63) is 59.7 Å². The van der Waals surface area contributed by atoms with Crippen molar-refractivity contribution >= 4 is 5.91 Å². The zero-order chi connectivity index (χ0) is 20.0. The van der Waals surface area contributed by atoms with Crippen LogP contribution in [0.15, 0.2) is 48.5 Å². The van der Waals surface area contributed by atoms with Crippen LogP contribution in [-0.4, -0.2) is 19.1 Å². The van der Waals surface area contributed by atoms with Gasteiger partial charge in [0.25, 0.3) is 5.91 Å². The van der Waals surface area contributed by atoms with E-state index in [4.69, 9.17) is 9.47 Å². The summed E-state index contributed by atoms with van der Waals surface area (Å²) in [7, 11) is 1.59. The fourth-order valence-corrected chi connectivity index (χ4v) is 2.85. The molecule has 1 N–H and O–H groups in total. The number of carbonyl (C=O) groups excluding carboxylic acids is 1. The molecule has 0 aliphatic carbocycles. The highest BCUT2D eigenvalue weighted by atomic mass is 16.5. The summed E-state index contributed by atoms with van der Waals surface area (Å²) < 4.78 is 11.2. The minimum Gasteiger partial charge on any atom is -0.493 e. The van der Waals surface area contributed by atoms with Gasteiger partial charge in [-0.15, -0.1) is 0 Å². The predicted octanol–water partition coefficient (Wildman–Crippen LogP) is 5.03. The van der Waals surface area contributed by atoms with E-state index in [2.05, 4.69) is 50.4 Å². The Morgan fingerprint density at radius 2 is 1.63 bits per heavy atom. The van der Waals surface area contributed by atoms with Crippen molar-refractivity contribution in [1.82, 2.24) is 5.32 Å². The summed E-state index contributed by atoms with van der Waals surface area (Å²) in [6.07, 6.45) is -0.00266. The third-order valence-corrected chi connectivity index (χ3v) is 4.64. The number of ether oxygens (including phenoxy) is 2. The van der Waals surface area contributed by atoms with Crippen LogP contribution in [0, 0.1) is 0 Å². The molecule has 4 heteroatoms. The number of carbonyl (C=O) groups is 1. The first-order valence-corrected chi connectivity index (χ1v) is 9.46. The van der Waals surface area contributed by atoms with Crippen LogP contribution in [-0.2, 0) is 10.2 Å². The maximum Gasteiger partial charge on any atom is 0.261 e. The van der Waals surface area contributed by atoms with E-state index in [-0.39, 0.29) is 17.4 Å². The molecule has 0 spiro atoms. The van der Waals surface area contributed by atoms with E-state index in [1.807, 2.05) is 38.1 Å². The number of para-hydroxylation sites is 2. The quantitative estimate of drug-likeness (QED) is 0.745. The summed E-state index contributed by atoms with van der Waals surface area (Å²) in [6, 6.07) is 15.7. The Morgan fingerprint density at radius 1 is 1.04 bits per heavy atom. The van der Waals surface area contributed by atoms with Gasteiger partial charge in [0, 0.05) is 0 Å². The van der Waals surface area contributed by atoms with Gasteiger partial charge < -0.3 is 14.8 Å². The summed E-state index contributed by atoms with van der Waals surface area (Å²) in [5.74, 6) is 1.06. The van der Waals surface area contributed by atoms with Crippen molar-refractivity contribution in [2.75, 3.05) is 7.11 Å². The Bertz CT molecular complexity index is 747. The van der Waals surface area contributed by atoms with Crippen molar-refractivity contribution in [2.24, 2.45) is 0 Å². The van der Waals surface area contributed by atoms with Crippen molar-refractivity contribution in [3.63, 3.8) is 0 Å². The van der Waals surface area contributed by atoms with Crippen LogP contribution in [0.2, 0.25) is 0 Å². The van der Waals surface area contributed by atoms with Crippen LogP contribution in [0.1, 0.15) is 58.2 Å². The summed E-state index contributed by atoms with van der Waals surface area (Å²) in [5.41, 5.74) is 2.46. The molecule has 0 fully saturated rings. The van der Waals surface area contributed by atoms with Gasteiger partial charge in [-0.05, 0) is 42.0 Å². The molecule has 2 aromatic rings. The molecular weight excluding hydrogens is 338 g/mol. The number of amides is 1. The van der Waals surface area contributed by atoms with Gasteiger partial charge in [0.05, 0.1) is 13.2 Å². The predicted molar refractivity (Wildman–Crippen MR) is 109 cm³/mol. The number of hydrogen-bond donors (Lipinski definition) is 1. The van der Waals surface area contributed by atoms with E-state index in [1.165, 1.54) is 5.56 Å². The van der Waals surface area contributed by atoms with Gasteiger partial charge in [-0.3, -0.25) is 4.79 Å². The van der Waals surface area contributed by atoms with Crippen LogP contribution in [0.25, 0.3) is 0 Å². The van der Waals surface area contributed by atoms with Gasteiger partial charge in [-0.2, -0.15) is 0 Å². The summed E-state index contributed by atoms with van der Waals surface area (Å²) in [5, 5.41) is 3.06. The second kappa shape index (κ2) is 8.94. The van der Waals surface area contributed by atoms with E-state index in [0.29, 0.717) is 17.9 Å². The Balaban J connectivity index is 2.05. The normalized spacial score (nSPS) is 13.6. The van der Waals surface area contributed by atoms with E-state index < -0.39 is 6.10 Å². The third-order valence-electron chi connectivity index (χ3n) is 4.64. The average Bonchev–Trinajstić information content (AvgIpc) is 2.65. The minimum absolute atomic E-state index is 0.0955. The van der Waals surface area contributed by atoms with Crippen LogP contribution >= 0.6 is 0 Å². The maximum atomic E-state index is 12.7. The molecule has 0 aromatic heterocycles. The van der Waals surface area contributed by atoms with Crippen LogP contribution in [0.3, 0.4) is 0 Å². The third kappa shape index (κ3) is 5.49. The first-order valence-electron chi connectivity index (χ1n) is 9.46. The number of rotatable bonds is 7. The van der Waals surface area contributed by atoms with E-state index >= 15 is 0 Å². The molecule has 4 nitrogen and oxygen atoms in total. The Morgan fingerprint density at radius 3 is 2.15 bits per heavy atom. The molecule has 0 saturated heterocycles. The number of benzene rings is 2. The second-order valence-electron chi connectivity index (χ2n) is 7.77. The smallest absolute Gasteiger partial charge is 0.261 e. The molecule has 146 valence electrons. The Kier molecular flexibility index (Phi) is 6.89. The van der Waals surface area contributed by atoms with Gasteiger partial charge in [0.2, 0.25) is 0 Å². The topological polar surface area (TPSA) is 47.6 Å². The standard InChI is InChI=1S/C23H31NO3/c1-7-19(27-21-11-9-8-10-20(21)26-6)22(25)24-16(2)17-12-14-18(15-13-17)23(3,4)5/h8-16,19H,7H2,1-6H3,(H,24,25)/t16-,19-/m0/s1. The molecule has 2 atom stereocenters. The highest BCUT2D eigenvalue weighted by molar-refractivity contribution is 5.81. The lowest BCUT2D eigenvalue weighted by molar-refractivity contribution is -0.128. The zero-order valence-corrected chi connectivity index (χ0v) is 17.2. The highest BCUT2D eigenvalue weighted by Crippen LogP contribution is 2.28. The Hall–Kier alpha value is -2.49. The lowest BCUT2D eigenvalue weighted by Crippen LogP contribution is -2.39. The molecule has 0 unspecified atom stereocenters. The monoisotopic (exact) mass is 369 g/mol. The fraction of sp³-hybridized carbons (Fsp3) is 0.435. The summed E-state index contributed by atoms with van der Waals surface area (Å²) in [6.45, 7) is 10.5. The SMILES string of the molecule is CC[C@H](Oc1ccccc1OC)C(=O)N[C@@H](C)c1ccc(C(C)(C)C)cc1. The maximum absolute atomic E-state index is 12.7. The molecule has 27 heavy (non-hydrogen) atoms. The van der Waals surface area contributed by atoms with Gasteiger partial charge in [-0.25, -0.2) is 0 Å². The molecule has 0 radical (unpaired) electrons. The van der Waals surface area contributed by atoms with Crippen molar-refractivity contribution in [3.8, 4) is 11.5 Å². The van der Waals surface area contributed by atoms with Crippen molar-refractivity contribution < 1.29 is 14.3 Å². The van der Waals surface area contributed by atoms with Gasteiger partial charge in [0.1, 0.15) is 0 Å². The highest BCUT2D eigenvalue weighted by Gasteiger charge is 2.22. The van der Waals surface area contributed by atoms with Crippen LogP contribution in [0.4, 0.5) is 0 Å². The van der Waals surface area contributed by atoms with Crippen molar-refractivity contribution in [2.45, 2.75) is 58.6 Å². The molecule has 0 saturated carbocycles. The number of nitrogens with one attached hydrogen (secondary N) is 1. The molecule has 2 rings (SSSR count). The molecule has 0 heterocycles. The van der Waals surface area contributed by atoms with E-state index in [1.54, 1.807) is 7.11 Å². The molecular formula is C23H31NO3. The lowest BCUT2D eigenvalue weighted by atomic mass is 9.86. The fourth-order valence-electron chi connectivity index (χ4n) is 2.85. The molecule has 2 aromatic carbocycles. The van der Waals surface area contributed by atoms with Crippen molar-refractivity contribution in [1.29, 1.82) is 0 Å². The van der Waals surface area contributed by atoms with E-state index in [0.717, 1.165) is 5.56 Å². The van der Waals surface area contributed by atoms with Gasteiger partial charge >= 0.3 is 0 Å². The van der Waals surface area contributed by atoms with E-state index in [9.17, 15) is 4.79 Å². The first kappa shape index (κ1) is 20.8. The molecule has 0 bridgehead atoms. The Labute approximate surface area is 162 Å². The summed E-state index contributed by atoms with van der Waals surface area (Å²) >= 11 is 0. The van der Waals surface area contributed by atoms with Crippen LogP contribution in [0.5, 0.6) is 11.5 Å². The lowest BCUT2D eigenvalue weighted by Gasteiger charge is -2.23. The van der Waals surface area contributed by atoms with Gasteiger partial charge in [0.15, 0.2) is 17.6 Å².